The molecular formula is C16H17OP. The first-order chi connectivity index (χ1) is 8.58. The SMILES string of the molecule is Cc1ccc(PC(=O)c2c(C)cccc2C)cc1. The summed E-state index contributed by atoms with van der Waals surface area (Å²) in [7, 11) is 0.206. The molecule has 1 unspecified atom stereocenters. The second-order valence-corrected chi connectivity index (χ2v) is 5.87. The van der Waals surface area contributed by atoms with Crippen LogP contribution in [0.15, 0.2) is 42.5 Å². The molecule has 0 bridgehead atoms. The van der Waals surface area contributed by atoms with Crippen LogP contribution in [-0.2, 0) is 0 Å². The molecule has 0 aliphatic heterocycles. The van der Waals surface area contributed by atoms with Crippen molar-refractivity contribution >= 4 is 19.4 Å². The smallest absolute Gasteiger partial charge is 0.186 e. The van der Waals surface area contributed by atoms with E-state index in [0.717, 1.165) is 22.0 Å². The van der Waals surface area contributed by atoms with Gasteiger partial charge in [-0.2, -0.15) is 0 Å². The molecule has 0 N–H and O–H groups in total. The van der Waals surface area contributed by atoms with Crippen molar-refractivity contribution in [3.63, 3.8) is 0 Å². The summed E-state index contributed by atoms with van der Waals surface area (Å²) < 4.78 is 0. The third kappa shape index (κ3) is 2.86. The number of carbonyl (C=O) groups excluding carboxylic acids is 1. The maximum Gasteiger partial charge on any atom is 0.186 e. The molecule has 0 heterocycles. The minimum absolute atomic E-state index is 0.206. The second kappa shape index (κ2) is 5.46. The Kier molecular flexibility index (Phi) is 3.93. The number of rotatable bonds is 3. The van der Waals surface area contributed by atoms with Gasteiger partial charge in [0.25, 0.3) is 0 Å². The molecule has 0 saturated heterocycles. The Morgan fingerprint density at radius 2 is 1.44 bits per heavy atom. The van der Waals surface area contributed by atoms with Crippen molar-refractivity contribution in [1.82, 2.24) is 0 Å². The van der Waals surface area contributed by atoms with Crippen molar-refractivity contribution in [2.45, 2.75) is 20.8 Å². The Labute approximate surface area is 110 Å². The van der Waals surface area contributed by atoms with Gasteiger partial charge in [0.2, 0.25) is 0 Å². The zero-order valence-electron chi connectivity index (χ0n) is 10.9. The standard InChI is InChI=1S/C16H17OP/c1-11-7-9-14(10-8-11)18-16(17)15-12(2)5-4-6-13(15)3/h4-10,18H,1-3H3. The number of aryl methyl sites for hydroxylation is 3. The summed E-state index contributed by atoms with van der Waals surface area (Å²) in [5.41, 5.74) is 4.48. The monoisotopic (exact) mass is 256 g/mol. The van der Waals surface area contributed by atoms with Crippen LogP contribution in [-0.4, -0.2) is 5.52 Å². The number of hydrogen-bond acceptors (Lipinski definition) is 1. The van der Waals surface area contributed by atoms with Gasteiger partial charge in [0.1, 0.15) is 0 Å². The zero-order valence-corrected chi connectivity index (χ0v) is 11.9. The molecular weight excluding hydrogens is 239 g/mol. The highest BCUT2D eigenvalue weighted by Crippen LogP contribution is 2.23. The molecule has 1 atom stereocenters. The predicted octanol–water partition coefficient (Wildman–Crippen LogP) is 3.76. The van der Waals surface area contributed by atoms with Crippen molar-refractivity contribution in [2.75, 3.05) is 0 Å². The largest absolute Gasteiger partial charge is 0.289 e. The predicted molar refractivity (Wildman–Crippen MR) is 79.4 cm³/mol. The molecule has 2 aromatic rings. The summed E-state index contributed by atoms with van der Waals surface area (Å²) in [5, 5.41) is 1.10. The van der Waals surface area contributed by atoms with E-state index >= 15 is 0 Å². The van der Waals surface area contributed by atoms with Crippen LogP contribution in [0.2, 0.25) is 0 Å². The molecule has 2 rings (SSSR count). The quantitative estimate of drug-likeness (QED) is 0.764. The Bertz CT molecular complexity index is 550. The summed E-state index contributed by atoms with van der Waals surface area (Å²) in [6.07, 6.45) is 0. The first-order valence-electron chi connectivity index (χ1n) is 6.02. The highest BCUT2D eigenvalue weighted by atomic mass is 31.1. The molecule has 0 saturated carbocycles. The molecule has 18 heavy (non-hydrogen) atoms. The van der Waals surface area contributed by atoms with Crippen LogP contribution >= 0.6 is 8.58 Å². The minimum Gasteiger partial charge on any atom is -0.289 e. The van der Waals surface area contributed by atoms with Crippen LogP contribution < -0.4 is 5.30 Å². The van der Waals surface area contributed by atoms with Crippen LogP contribution in [0.5, 0.6) is 0 Å². The van der Waals surface area contributed by atoms with E-state index in [9.17, 15) is 4.79 Å². The Hall–Kier alpha value is -1.46. The maximum absolute atomic E-state index is 12.4. The molecule has 0 spiro atoms. The Balaban J connectivity index is 2.25. The Morgan fingerprint density at radius 1 is 0.889 bits per heavy atom. The average Bonchev–Trinajstić information content (AvgIpc) is 2.32. The van der Waals surface area contributed by atoms with Crippen molar-refractivity contribution in [1.29, 1.82) is 0 Å². The van der Waals surface area contributed by atoms with Crippen LogP contribution in [0.4, 0.5) is 0 Å². The fourth-order valence-electron chi connectivity index (χ4n) is 2.00. The summed E-state index contributed by atoms with van der Waals surface area (Å²) in [4.78, 5) is 12.4. The van der Waals surface area contributed by atoms with Crippen molar-refractivity contribution in [3.8, 4) is 0 Å². The van der Waals surface area contributed by atoms with E-state index in [1.807, 2.05) is 44.2 Å². The lowest BCUT2D eigenvalue weighted by atomic mass is 10.0. The van der Waals surface area contributed by atoms with Gasteiger partial charge in [-0.25, -0.2) is 0 Å². The van der Waals surface area contributed by atoms with Gasteiger partial charge in [0.05, 0.1) is 0 Å². The number of carbonyl (C=O) groups is 1. The van der Waals surface area contributed by atoms with Crippen molar-refractivity contribution < 1.29 is 4.79 Å². The third-order valence-electron chi connectivity index (χ3n) is 3.02. The average molecular weight is 256 g/mol. The van der Waals surface area contributed by atoms with Gasteiger partial charge in [-0.05, 0) is 45.8 Å². The van der Waals surface area contributed by atoms with Gasteiger partial charge >= 0.3 is 0 Å². The molecule has 2 heteroatoms. The normalized spacial score (nSPS) is 11.1. The molecule has 1 nitrogen and oxygen atoms in total. The van der Waals surface area contributed by atoms with E-state index in [2.05, 4.69) is 19.1 Å². The second-order valence-electron chi connectivity index (χ2n) is 4.59. The molecule has 92 valence electrons. The van der Waals surface area contributed by atoms with E-state index in [0.29, 0.717) is 0 Å². The molecule has 0 fully saturated rings. The van der Waals surface area contributed by atoms with Gasteiger partial charge in [-0.1, -0.05) is 48.0 Å². The summed E-state index contributed by atoms with van der Waals surface area (Å²) >= 11 is 0. The topological polar surface area (TPSA) is 17.1 Å². The van der Waals surface area contributed by atoms with E-state index < -0.39 is 0 Å². The minimum atomic E-state index is 0.206. The molecule has 0 aliphatic rings. The van der Waals surface area contributed by atoms with E-state index in [1.54, 1.807) is 0 Å². The summed E-state index contributed by atoms with van der Waals surface area (Å²) in [6, 6.07) is 14.2. The van der Waals surface area contributed by atoms with Gasteiger partial charge in [-0.3, -0.25) is 4.79 Å². The third-order valence-corrected chi connectivity index (χ3v) is 4.12. The molecule has 0 radical (unpaired) electrons. The maximum atomic E-state index is 12.4. The molecule has 0 aliphatic carbocycles. The van der Waals surface area contributed by atoms with Crippen LogP contribution in [0.25, 0.3) is 0 Å². The van der Waals surface area contributed by atoms with E-state index in [4.69, 9.17) is 0 Å². The van der Waals surface area contributed by atoms with Gasteiger partial charge < -0.3 is 0 Å². The fourth-order valence-corrected chi connectivity index (χ4v) is 3.12. The van der Waals surface area contributed by atoms with E-state index in [-0.39, 0.29) is 14.1 Å². The molecule has 0 amide bonds. The molecule has 2 aromatic carbocycles. The van der Waals surface area contributed by atoms with Crippen LogP contribution in [0.1, 0.15) is 27.0 Å². The van der Waals surface area contributed by atoms with Crippen LogP contribution in [0, 0.1) is 20.8 Å². The van der Waals surface area contributed by atoms with Crippen molar-refractivity contribution in [3.05, 3.63) is 64.7 Å². The van der Waals surface area contributed by atoms with Gasteiger partial charge in [0, 0.05) is 5.56 Å². The Morgan fingerprint density at radius 3 is 2.00 bits per heavy atom. The highest BCUT2D eigenvalue weighted by Gasteiger charge is 2.12. The lowest BCUT2D eigenvalue weighted by Crippen LogP contribution is -2.04. The zero-order chi connectivity index (χ0) is 13.1. The number of benzene rings is 2. The summed E-state index contributed by atoms with van der Waals surface area (Å²) in [5.74, 6) is 0. The lowest BCUT2D eigenvalue weighted by Gasteiger charge is -2.08. The van der Waals surface area contributed by atoms with Gasteiger partial charge in [-0.15, -0.1) is 0 Å². The van der Waals surface area contributed by atoms with Crippen molar-refractivity contribution in [2.24, 2.45) is 0 Å². The molecule has 0 aromatic heterocycles. The first-order valence-corrected chi connectivity index (χ1v) is 7.02. The number of hydrogen-bond donors (Lipinski definition) is 0. The van der Waals surface area contributed by atoms with E-state index in [1.165, 1.54) is 5.56 Å². The van der Waals surface area contributed by atoms with Crippen LogP contribution in [0.3, 0.4) is 0 Å². The lowest BCUT2D eigenvalue weighted by molar-refractivity contribution is 0.108. The first kappa shape index (κ1) is 13.0. The fraction of sp³-hybridized carbons (Fsp3) is 0.188. The summed E-state index contributed by atoms with van der Waals surface area (Å²) in [6.45, 7) is 6.06. The van der Waals surface area contributed by atoms with Gasteiger partial charge in [0.15, 0.2) is 5.52 Å². The highest BCUT2D eigenvalue weighted by molar-refractivity contribution is 7.66.